The molecule has 0 amide bonds. The fourth-order valence-electron chi connectivity index (χ4n) is 16.8. The molecule has 5 atom stereocenters. The van der Waals surface area contributed by atoms with Crippen LogP contribution in [0.5, 0.6) is 0 Å². The number of aromatic nitrogens is 5. The van der Waals surface area contributed by atoms with E-state index in [0.717, 1.165) is 252 Å². The normalized spacial score (nSPS) is 16.3. The average Bonchev–Trinajstić information content (AvgIpc) is 1.50. The molecular weight excluding hydrogens is 1410 g/mol. The van der Waals surface area contributed by atoms with E-state index in [4.69, 9.17) is 23.3 Å². The van der Waals surface area contributed by atoms with Crippen molar-refractivity contribution in [2.45, 2.75) is 273 Å². The maximum atomic E-state index is 15.4. The van der Waals surface area contributed by atoms with Crippen LogP contribution < -0.4 is 0 Å². The van der Waals surface area contributed by atoms with Crippen LogP contribution in [0.15, 0.2) is 41.1 Å². The minimum atomic E-state index is -1.36. The van der Waals surface area contributed by atoms with E-state index in [-0.39, 0.29) is 56.5 Å². The number of ketones is 2. The van der Waals surface area contributed by atoms with Gasteiger partial charge in [0.25, 0.3) is 5.70 Å². The summed E-state index contributed by atoms with van der Waals surface area (Å²) >= 11 is 6.78. The Kier molecular flexibility index (Phi) is 25.7. The molecule has 19 heteroatoms. The van der Waals surface area contributed by atoms with Gasteiger partial charge < -0.3 is 9.13 Å². The lowest BCUT2D eigenvalue weighted by atomic mass is 9.90. The van der Waals surface area contributed by atoms with Gasteiger partial charge in [-0.25, -0.2) is 34.2 Å². The standard InChI is InChI=1S/C87H99F4N9O2S4/c1-11-19-24-26-27-28-29-30-32-34-39-55-69(45-61-71(67(47-93)95-10)57-41-63(89)65(91)43-59(57)81(61)102)104-87-79-85(106-83(55)87)73-75-74(96-100(97-75)50-53(18-8)37-23-15-5)72-76(77(73)99(79)49-52(17-7)36-22-14-4)98(48-51(16-6)35-21-13-3)78-84(72)105-82-54(38-33-31-25-20-12-2)68(103-86(78)82)44-60-70(66(46-92)94-9)56-40-62(88)64(90)42-58(56)80(60)101/h40-45,51-53,67,71H,11-39,48-50H2,1-8H3/b60-44-,61-45-,70-66+. The lowest BCUT2D eigenvalue weighted by molar-refractivity contribution is 0.103. The number of hydrogen-bond donors (Lipinski definition) is 0. The third kappa shape index (κ3) is 15.0. The van der Waals surface area contributed by atoms with Crippen LogP contribution in [0.1, 0.15) is 287 Å². The highest BCUT2D eigenvalue weighted by molar-refractivity contribution is 7.34. The summed E-state index contributed by atoms with van der Waals surface area (Å²) in [6, 6.07) is 6.50. The number of allylic oxidation sites excluding steroid dienone is 3. The number of fused-ring (bicyclic) bond motifs is 16. The number of thiophene rings is 4. The van der Waals surface area contributed by atoms with E-state index in [0.29, 0.717) is 38.4 Å². The zero-order chi connectivity index (χ0) is 75.0. The van der Waals surface area contributed by atoms with Gasteiger partial charge in [0.05, 0.1) is 69.5 Å². The number of hydrogen-bond acceptors (Lipinski definition) is 10. The lowest BCUT2D eigenvalue weighted by Crippen LogP contribution is -2.14. The van der Waals surface area contributed by atoms with Crippen molar-refractivity contribution in [1.29, 1.82) is 10.5 Å². The van der Waals surface area contributed by atoms with Gasteiger partial charge >= 0.3 is 6.04 Å². The number of nitriles is 2. The van der Waals surface area contributed by atoms with Gasteiger partial charge in [0.1, 0.15) is 17.0 Å². The van der Waals surface area contributed by atoms with Gasteiger partial charge in [0, 0.05) is 61.5 Å². The van der Waals surface area contributed by atoms with Crippen molar-refractivity contribution < 1.29 is 27.2 Å². The minimum Gasteiger partial charge on any atom is -0.337 e. The average molecular weight is 1510 g/mol. The lowest BCUT2D eigenvalue weighted by Gasteiger charge is -2.20. The molecule has 556 valence electrons. The molecule has 2 aliphatic rings. The molecule has 0 saturated carbocycles. The van der Waals surface area contributed by atoms with E-state index in [1.807, 2.05) is 16.9 Å². The van der Waals surface area contributed by atoms with Crippen molar-refractivity contribution in [2.24, 2.45) is 17.8 Å². The maximum Gasteiger partial charge on any atom is 0.318 e. The Bertz CT molecular complexity index is 5220. The third-order valence-corrected chi connectivity index (χ3v) is 28.0. The van der Waals surface area contributed by atoms with Gasteiger partial charge in [-0.15, -0.1) is 45.3 Å². The van der Waals surface area contributed by atoms with E-state index < -0.39 is 46.8 Å². The molecule has 3 aromatic carbocycles. The first-order valence-corrected chi connectivity index (χ1v) is 42.8. The van der Waals surface area contributed by atoms with Gasteiger partial charge in [0.2, 0.25) is 0 Å². The maximum absolute atomic E-state index is 15.4. The molecular formula is C87H99F4N9O2S4. The van der Waals surface area contributed by atoms with Gasteiger partial charge in [-0.3, -0.25) is 14.4 Å². The van der Waals surface area contributed by atoms with Crippen LogP contribution in [0, 0.1) is 76.8 Å². The summed E-state index contributed by atoms with van der Waals surface area (Å²) in [6.45, 7) is 36.4. The molecule has 0 radical (unpaired) electrons. The quantitative estimate of drug-likeness (QED) is 0.0125. The molecule has 0 saturated heterocycles. The van der Waals surface area contributed by atoms with Crippen LogP contribution >= 0.6 is 45.3 Å². The zero-order valence-electron chi connectivity index (χ0n) is 63.0. The highest BCUT2D eigenvalue weighted by atomic mass is 32.1. The Hall–Kier alpha value is -7.78. The highest BCUT2D eigenvalue weighted by Crippen LogP contribution is 2.57. The minimum absolute atomic E-state index is 0.0124. The Balaban J connectivity index is 1.19. The molecule has 0 bridgehead atoms. The first-order chi connectivity index (χ1) is 51.6. The fourth-order valence-corrected chi connectivity index (χ4v) is 22.7. The van der Waals surface area contributed by atoms with Crippen molar-refractivity contribution in [3.63, 3.8) is 0 Å². The van der Waals surface area contributed by atoms with Gasteiger partial charge in [0.15, 0.2) is 40.9 Å². The first kappa shape index (κ1) is 77.8. The van der Waals surface area contributed by atoms with Crippen molar-refractivity contribution in [3.05, 3.63) is 130 Å². The smallest absolute Gasteiger partial charge is 0.318 e. The number of nitrogens with zero attached hydrogens (tertiary/aromatic N) is 9. The van der Waals surface area contributed by atoms with Crippen molar-refractivity contribution in [3.8, 4) is 12.1 Å². The second-order valence-electron chi connectivity index (χ2n) is 29.8. The molecule has 106 heavy (non-hydrogen) atoms. The van der Waals surface area contributed by atoms with Crippen molar-refractivity contribution in [2.75, 3.05) is 0 Å². The number of unbranched alkanes of at least 4 members (excludes halogenated alkanes) is 16. The number of carbonyl (C=O) groups is 2. The van der Waals surface area contributed by atoms with Gasteiger partial charge in [-0.1, -0.05) is 197 Å². The topological polar surface area (TPSA) is 131 Å². The number of halogens is 4. The van der Waals surface area contributed by atoms with Crippen LogP contribution in [0.2, 0.25) is 0 Å². The van der Waals surface area contributed by atoms with E-state index in [1.165, 1.54) is 38.5 Å². The Morgan fingerprint density at radius 3 is 1.40 bits per heavy atom. The van der Waals surface area contributed by atoms with E-state index in [1.54, 1.807) is 51.4 Å². The summed E-state index contributed by atoms with van der Waals surface area (Å²) in [7, 11) is 0. The predicted molar refractivity (Wildman–Crippen MR) is 433 cm³/mol. The molecule has 0 N–H and O–H groups in total. The SMILES string of the molecule is [C-]#[N+]/C(C#N)=C1/C(=C/c2sc3c(sc4c5c6nn(CC(CC)CCCC)nc6c6c7sc8c(CCCCCCCCCCCC)c(/C=C9\C(=O)c%10cc(F)c(F)cc%10C9C(C#N)[N+]#[C-])sc8c7n(CC(CC)CCCC)c6c5n(CC(CC)CCCC)c34)c2CCCCCCC)C(=O)c2cc(F)c(F)cc21. The van der Waals surface area contributed by atoms with Crippen LogP contribution in [0.25, 0.3) is 99.5 Å². The molecule has 10 aromatic rings. The first-order valence-electron chi connectivity index (χ1n) is 39.6. The number of aryl methyl sites for hydroxylation is 2. The molecule has 0 aliphatic heterocycles. The number of carbonyl (C=O) groups excluding carboxylic acids is 2. The summed E-state index contributed by atoms with van der Waals surface area (Å²) < 4.78 is 73.0. The van der Waals surface area contributed by atoms with Gasteiger partial charge in [-0.05, 0) is 121 Å². The molecule has 5 unspecified atom stereocenters. The van der Waals surface area contributed by atoms with E-state index in [9.17, 15) is 20.1 Å². The summed E-state index contributed by atoms with van der Waals surface area (Å²) in [4.78, 5) is 40.7. The second kappa shape index (κ2) is 35.1. The largest absolute Gasteiger partial charge is 0.337 e. The van der Waals surface area contributed by atoms with E-state index >= 15 is 17.6 Å². The summed E-state index contributed by atoms with van der Waals surface area (Å²) in [6.07, 6.45) is 34.0. The summed E-state index contributed by atoms with van der Waals surface area (Å²) in [5, 5.41) is 34.7. The molecule has 2 aliphatic carbocycles. The molecule has 11 nitrogen and oxygen atoms in total. The predicted octanol–water partition coefficient (Wildman–Crippen LogP) is 27.0. The molecule has 0 spiro atoms. The zero-order valence-corrected chi connectivity index (χ0v) is 66.2. The van der Waals surface area contributed by atoms with Crippen LogP contribution in [0.4, 0.5) is 17.6 Å². The fraction of sp³-hybridized carbons (Fsp3) is 0.517. The Labute approximate surface area is 637 Å². The van der Waals surface area contributed by atoms with Crippen LogP contribution in [-0.4, -0.2) is 41.7 Å². The van der Waals surface area contributed by atoms with E-state index in [2.05, 4.69) is 80.3 Å². The number of rotatable bonds is 38. The molecule has 0 fully saturated rings. The Morgan fingerprint density at radius 1 is 0.519 bits per heavy atom. The van der Waals surface area contributed by atoms with Crippen molar-refractivity contribution >= 4 is 147 Å². The summed E-state index contributed by atoms with van der Waals surface area (Å²) in [5.41, 5.74) is 8.18. The van der Waals surface area contributed by atoms with Gasteiger partial charge in [-0.2, -0.15) is 20.3 Å². The summed E-state index contributed by atoms with van der Waals surface area (Å²) in [5.74, 6) is -5.93. The Morgan fingerprint density at radius 2 is 0.953 bits per heavy atom. The highest BCUT2D eigenvalue weighted by Gasteiger charge is 2.45. The van der Waals surface area contributed by atoms with Crippen LogP contribution in [0.3, 0.4) is 0 Å². The third-order valence-electron chi connectivity index (χ3n) is 22.8. The molecule has 7 aromatic heterocycles. The number of Topliss-reactive ketones (excluding diaryl/α,β-unsaturated/α-hetero) is 2. The molecule has 12 rings (SSSR count). The molecule has 7 heterocycles. The number of benzene rings is 3. The second-order valence-corrected chi connectivity index (χ2v) is 34.0. The monoisotopic (exact) mass is 1510 g/mol. The van der Waals surface area contributed by atoms with Crippen molar-refractivity contribution in [1.82, 2.24) is 24.1 Å². The van der Waals surface area contributed by atoms with Crippen LogP contribution in [-0.2, 0) is 32.5 Å².